The van der Waals surface area contributed by atoms with Crippen LogP contribution in [0.25, 0.3) is 0 Å². The Kier molecular flexibility index (Phi) is 5.72. The van der Waals surface area contributed by atoms with Crippen LogP contribution >= 0.6 is 11.8 Å². The van der Waals surface area contributed by atoms with E-state index in [1.54, 1.807) is 36.3 Å². The number of anilines is 2. The van der Waals surface area contributed by atoms with E-state index < -0.39 is 11.7 Å². The fourth-order valence-corrected chi connectivity index (χ4v) is 4.60. The van der Waals surface area contributed by atoms with E-state index in [0.717, 1.165) is 5.56 Å². The van der Waals surface area contributed by atoms with Gasteiger partial charge in [-0.3, -0.25) is 14.5 Å². The number of para-hydroxylation sites is 3. The topological polar surface area (TPSA) is 58.6 Å². The second-order valence-electron chi connectivity index (χ2n) is 6.65. The third kappa shape index (κ3) is 3.89. The Morgan fingerprint density at radius 2 is 1.87 bits per heavy atom. The summed E-state index contributed by atoms with van der Waals surface area (Å²) in [6.45, 7) is 0. The van der Waals surface area contributed by atoms with Crippen molar-refractivity contribution in [3.63, 3.8) is 0 Å². The molecule has 1 fully saturated rings. The first-order valence-corrected chi connectivity index (χ1v) is 10.4. The maximum absolute atomic E-state index is 13.5. The molecule has 1 aliphatic heterocycles. The summed E-state index contributed by atoms with van der Waals surface area (Å²) >= 11 is 1.47. The van der Waals surface area contributed by atoms with Crippen LogP contribution < -0.4 is 15.0 Å². The number of halogens is 1. The molecule has 152 valence electrons. The van der Waals surface area contributed by atoms with Gasteiger partial charge in [-0.2, -0.15) is 0 Å². The molecule has 3 aromatic carbocycles. The molecule has 1 saturated heterocycles. The highest BCUT2D eigenvalue weighted by Crippen LogP contribution is 2.46. The van der Waals surface area contributed by atoms with Crippen LogP contribution in [-0.2, 0) is 4.79 Å². The van der Waals surface area contributed by atoms with Gasteiger partial charge in [0.25, 0.3) is 5.91 Å². The fraction of sp³-hybridized carbons (Fsp3) is 0.130. The van der Waals surface area contributed by atoms with Crippen LogP contribution in [0.2, 0.25) is 0 Å². The molecule has 1 unspecified atom stereocenters. The molecule has 5 nitrogen and oxygen atoms in total. The quantitative estimate of drug-likeness (QED) is 0.638. The lowest BCUT2D eigenvalue weighted by Gasteiger charge is -2.27. The smallest absolute Gasteiger partial charge is 0.255 e. The van der Waals surface area contributed by atoms with Gasteiger partial charge < -0.3 is 10.1 Å². The normalized spacial score (nSPS) is 15.9. The van der Waals surface area contributed by atoms with Gasteiger partial charge in [0.15, 0.2) is 0 Å². The van der Waals surface area contributed by atoms with Crippen molar-refractivity contribution in [2.75, 3.05) is 23.1 Å². The molecule has 0 aromatic heterocycles. The maximum Gasteiger partial charge on any atom is 0.255 e. The summed E-state index contributed by atoms with van der Waals surface area (Å²) in [7, 11) is 1.56. The molecule has 1 aliphatic rings. The SMILES string of the molecule is COc1ccccc1N1C(=O)CSC1c1ccccc1NC(=O)c1cccc(F)c1. The van der Waals surface area contributed by atoms with Crippen molar-refractivity contribution in [1.29, 1.82) is 0 Å². The summed E-state index contributed by atoms with van der Waals surface area (Å²) in [5.41, 5.74) is 2.25. The van der Waals surface area contributed by atoms with Gasteiger partial charge in [-0.25, -0.2) is 4.39 Å². The van der Waals surface area contributed by atoms with Crippen LogP contribution in [0.15, 0.2) is 72.8 Å². The molecule has 0 saturated carbocycles. The van der Waals surface area contributed by atoms with Crippen LogP contribution in [0.4, 0.5) is 15.8 Å². The molecule has 0 bridgehead atoms. The molecule has 4 rings (SSSR count). The number of nitrogens with one attached hydrogen (secondary N) is 1. The predicted molar refractivity (Wildman–Crippen MR) is 116 cm³/mol. The van der Waals surface area contributed by atoms with Crippen molar-refractivity contribution < 1.29 is 18.7 Å². The molecule has 30 heavy (non-hydrogen) atoms. The van der Waals surface area contributed by atoms with Gasteiger partial charge in [-0.15, -0.1) is 11.8 Å². The van der Waals surface area contributed by atoms with E-state index >= 15 is 0 Å². The molecular weight excluding hydrogens is 403 g/mol. The first-order chi connectivity index (χ1) is 14.6. The Morgan fingerprint density at radius 3 is 2.67 bits per heavy atom. The molecular formula is C23H19FN2O3S. The van der Waals surface area contributed by atoms with Crippen molar-refractivity contribution in [2.24, 2.45) is 0 Å². The molecule has 3 aromatic rings. The Balaban J connectivity index is 1.69. The first kappa shape index (κ1) is 20.0. The first-order valence-electron chi connectivity index (χ1n) is 9.31. The van der Waals surface area contributed by atoms with Gasteiger partial charge in [-0.05, 0) is 36.4 Å². The zero-order valence-electron chi connectivity index (χ0n) is 16.2. The maximum atomic E-state index is 13.5. The molecule has 0 aliphatic carbocycles. The highest BCUT2D eigenvalue weighted by Gasteiger charge is 2.36. The monoisotopic (exact) mass is 422 g/mol. The van der Waals surface area contributed by atoms with Gasteiger partial charge in [0, 0.05) is 16.8 Å². The number of hydrogen-bond acceptors (Lipinski definition) is 4. The highest BCUT2D eigenvalue weighted by atomic mass is 32.2. The van der Waals surface area contributed by atoms with Crippen LogP contribution in [0.5, 0.6) is 5.75 Å². The van der Waals surface area contributed by atoms with E-state index in [-0.39, 0.29) is 16.8 Å². The van der Waals surface area contributed by atoms with Crippen LogP contribution in [0.1, 0.15) is 21.3 Å². The average molecular weight is 422 g/mol. The third-order valence-corrected chi connectivity index (χ3v) is 5.97. The van der Waals surface area contributed by atoms with E-state index in [1.165, 1.54) is 30.0 Å². The number of carbonyl (C=O) groups excluding carboxylic acids is 2. The van der Waals surface area contributed by atoms with Crippen molar-refractivity contribution >= 4 is 35.0 Å². The van der Waals surface area contributed by atoms with Crippen LogP contribution in [0.3, 0.4) is 0 Å². The Morgan fingerprint density at radius 1 is 1.10 bits per heavy atom. The van der Waals surface area contributed by atoms with E-state index in [9.17, 15) is 14.0 Å². The lowest BCUT2D eigenvalue weighted by Crippen LogP contribution is -2.29. The minimum atomic E-state index is -0.477. The Labute approximate surface area is 177 Å². The van der Waals surface area contributed by atoms with Crippen LogP contribution in [0, 0.1) is 5.82 Å². The number of carbonyl (C=O) groups is 2. The number of rotatable bonds is 5. The van der Waals surface area contributed by atoms with Crippen molar-refractivity contribution in [1.82, 2.24) is 0 Å². The Bertz CT molecular complexity index is 1110. The lowest BCUT2D eigenvalue weighted by molar-refractivity contribution is -0.115. The third-order valence-electron chi connectivity index (χ3n) is 4.77. The minimum absolute atomic E-state index is 0.0410. The second-order valence-corrected chi connectivity index (χ2v) is 7.72. The largest absolute Gasteiger partial charge is 0.495 e. The predicted octanol–water partition coefficient (Wildman–Crippen LogP) is 4.87. The summed E-state index contributed by atoms with van der Waals surface area (Å²) in [4.78, 5) is 27.1. The summed E-state index contributed by atoms with van der Waals surface area (Å²) in [6, 6.07) is 20.2. The molecule has 0 spiro atoms. The number of amides is 2. The molecule has 2 amide bonds. The number of hydrogen-bond donors (Lipinski definition) is 1. The van der Waals surface area contributed by atoms with Gasteiger partial charge >= 0.3 is 0 Å². The number of nitrogens with zero attached hydrogens (tertiary/aromatic N) is 1. The van der Waals surface area contributed by atoms with E-state index in [4.69, 9.17) is 4.74 Å². The molecule has 1 N–H and O–H groups in total. The van der Waals surface area contributed by atoms with Gasteiger partial charge in [0.05, 0.1) is 18.6 Å². The molecule has 0 radical (unpaired) electrons. The summed E-state index contributed by atoms with van der Waals surface area (Å²) in [5.74, 6) is -0.0229. The van der Waals surface area contributed by atoms with Crippen molar-refractivity contribution in [3.05, 3.63) is 89.7 Å². The summed E-state index contributed by atoms with van der Waals surface area (Å²) in [5, 5.41) is 2.52. The number of thioether (sulfide) groups is 1. The second kappa shape index (κ2) is 8.59. The number of benzene rings is 3. The minimum Gasteiger partial charge on any atom is -0.495 e. The average Bonchev–Trinajstić information content (AvgIpc) is 3.15. The van der Waals surface area contributed by atoms with E-state index in [2.05, 4.69) is 5.32 Å². The van der Waals surface area contributed by atoms with Crippen molar-refractivity contribution in [2.45, 2.75) is 5.37 Å². The van der Waals surface area contributed by atoms with Crippen molar-refractivity contribution in [3.8, 4) is 5.75 Å². The zero-order valence-corrected chi connectivity index (χ0v) is 17.0. The molecule has 1 heterocycles. The van der Waals surface area contributed by atoms with Gasteiger partial charge in [0.1, 0.15) is 16.9 Å². The zero-order chi connectivity index (χ0) is 21.1. The summed E-state index contributed by atoms with van der Waals surface area (Å²) in [6.07, 6.45) is 0. The van der Waals surface area contributed by atoms with Crippen LogP contribution in [-0.4, -0.2) is 24.7 Å². The molecule has 1 atom stereocenters. The standard InChI is InChI=1S/C23H19FN2O3S/c1-29-20-12-5-4-11-19(20)26-21(27)14-30-23(26)17-9-2-3-10-18(17)25-22(28)15-7-6-8-16(24)13-15/h2-13,23H,14H2,1H3,(H,25,28). The molecule has 7 heteroatoms. The van der Waals surface area contributed by atoms with E-state index in [0.29, 0.717) is 22.9 Å². The van der Waals surface area contributed by atoms with E-state index in [1.807, 2.05) is 30.3 Å². The van der Waals surface area contributed by atoms with Gasteiger partial charge in [-0.1, -0.05) is 36.4 Å². The lowest BCUT2D eigenvalue weighted by atomic mass is 10.1. The highest BCUT2D eigenvalue weighted by molar-refractivity contribution is 8.00. The summed E-state index contributed by atoms with van der Waals surface area (Å²) < 4.78 is 19.0. The number of methoxy groups -OCH3 is 1. The fourth-order valence-electron chi connectivity index (χ4n) is 3.39. The number of ether oxygens (including phenoxy) is 1. The van der Waals surface area contributed by atoms with Gasteiger partial charge in [0.2, 0.25) is 5.91 Å². The Hall–Kier alpha value is -3.32.